The minimum atomic E-state index is -1.05. The third-order valence-electron chi connectivity index (χ3n) is 3.87. The van der Waals surface area contributed by atoms with Crippen LogP contribution in [0.15, 0.2) is 58.0 Å². The van der Waals surface area contributed by atoms with Gasteiger partial charge in [-0.15, -0.1) is 0 Å². The van der Waals surface area contributed by atoms with Gasteiger partial charge in [0.05, 0.1) is 17.6 Å². The van der Waals surface area contributed by atoms with Crippen LogP contribution in [0.2, 0.25) is 5.02 Å². The molecule has 2 aromatic rings. The third-order valence-corrected chi connectivity index (χ3v) is 4.73. The van der Waals surface area contributed by atoms with E-state index in [9.17, 15) is 5.11 Å². The van der Waals surface area contributed by atoms with Gasteiger partial charge in [-0.25, -0.2) is 0 Å². The summed E-state index contributed by atoms with van der Waals surface area (Å²) in [6.45, 7) is 2.79. The van der Waals surface area contributed by atoms with Crippen molar-refractivity contribution >= 4 is 33.4 Å². The molecule has 0 fully saturated rings. The van der Waals surface area contributed by atoms with Gasteiger partial charge in [-0.3, -0.25) is 4.99 Å². The molecule has 4 nitrogen and oxygen atoms in total. The van der Waals surface area contributed by atoms with Gasteiger partial charge in [-0.05, 0) is 36.8 Å². The zero-order chi connectivity index (χ0) is 17.1. The van der Waals surface area contributed by atoms with Crippen molar-refractivity contribution in [3.05, 3.63) is 69.2 Å². The van der Waals surface area contributed by atoms with Crippen LogP contribution in [0.3, 0.4) is 0 Å². The topological polar surface area (TPSA) is 45.1 Å². The quantitative estimate of drug-likeness (QED) is 0.752. The van der Waals surface area contributed by atoms with Crippen LogP contribution in [0.4, 0.5) is 0 Å². The summed E-state index contributed by atoms with van der Waals surface area (Å²) in [4.78, 5) is 6.55. The summed E-state index contributed by atoms with van der Waals surface area (Å²) >= 11 is 9.77. The first-order valence-electron chi connectivity index (χ1n) is 7.74. The summed E-state index contributed by atoms with van der Waals surface area (Å²) < 4.78 is 6.39. The zero-order valence-corrected chi connectivity index (χ0v) is 15.5. The molecule has 0 radical (unpaired) electrons. The van der Waals surface area contributed by atoms with E-state index in [4.69, 9.17) is 21.3 Å². The number of amidine groups is 1. The standard InChI is InChI=1S/C18H18BrClN2O2/c1-2-24-18(23)22-11-16(12-7-9-13(19)10-8-12)21-17(22)14-5-3-4-6-15(14)20/h3-10,16,18,23H,2,11H2,1H3. The van der Waals surface area contributed by atoms with Crippen LogP contribution in [0.5, 0.6) is 0 Å². The molecule has 6 heteroatoms. The van der Waals surface area contributed by atoms with Crippen molar-refractivity contribution in [3.8, 4) is 0 Å². The summed E-state index contributed by atoms with van der Waals surface area (Å²) in [5, 5.41) is 11.0. The lowest BCUT2D eigenvalue weighted by atomic mass is 10.1. The maximum Gasteiger partial charge on any atom is 0.239 e. The molecule has 0 bridgehead atoms. The predicted molar refractivity (Wildman–Crippen MR) is 99.2 cm³/mol. The molecular weight excluding hydrogens is 392 g/mol. The number of aliphatic hydroxyl groups is 1. The molecule has 0 spiro atoms. The summed E-state index contributed by atoms with van der Waals surface area (Å²) in [6.07, 6.45) is -1.05. The van der Waals surface area contributed by atoms with Gasteiger partial charge < -0.3 is 14.7 Å². The molecule has 1 aliphatic rings. The van der Waals surface area contributed by atoms with E-state index in [1.54, 1.807) is 4.90 Å². The molecule has 0 saturated heterocycles. The highest BCUT2D eigenvalue weighted by Gasteiger charge is 2.32. The number of hydrogen-bond donors (Lipinski definition) is 1. The maximum absolute atomic E-state index is 10.4. The van der Waals surface area contributed by atoms with Gasteiger partial charge >= 0.3 is 0 Å². The second-order valence-corrected chi connectivity index (χ2v) is 6.76. The molecule has 2 unspecified atom stereocenters. The van der Waals surface area contributed by atoms with E-state index in [-0.39, 0.29) is 6.04 Å². The lowest BCUT2D eigenvalue weighted by molar-refractivity contribution is -0.163. The number of aliphatic imine (C=N–C) groups is 1. The Kier molecular flexibility index (Phi) is 5.56. The molecule has 3 rings (SSSR count). The highest BCUT2D eigenvalue weighted by atomic mass is 79.9. The number of halogens is 2. The van der Waals surface area contributed by atoms with Crippen LogP contribution in [-0.2, 0) is 4.74 Å². The number of rotatable bonds is 5. The van der Waals surface area contributed by atoms with E-state index in [1.807, 2.05) is 55.5 Å². The van der Waals surface area contributed by atoms with E-state index in [0.717, 1.165) is 15.6 Å². The van der Waals surface area contributed by atoms with Gasteiger partial charge in [-0.2, -0.15) is 0 Å². The van der Waals surface area contributed by atoms with Gasteiger partial charge in [0.2, 0.25) is 6.41 Å². The fourth-order valence-electron chi connectivity index (χ4n) is 2.70. The maximum atomic E-state index is 10.4. The summed E-state index contributed by atoms with van der Waals surface area (Å²) in [6, 6.07) is 15.4. The SMILES string of the molecule is CCOC(O)N1CC(c2ccc(Br)cc2)N=C1c1ccccc1Cl. The van der Waals surface area contributed by atoms with Crippen LogP contribution in [-0.4, -0.2) is 35.4 Å². The minimum Gasteiger partial charge on any atom is -0.351 e. The fourth-order valence-corrected chi connectivity index (χ4v) is 3.19. The van der Waals surface area contributed by atoms with Gasteiger partial charge in [-0.1, -0.05) is 51.8 Å². The average molecular weight is 410 g/mol. The molecule has 0 aliphatic carbocycles. The molecular formula is C18H18BrClN2O2. The lowest BCUT2D eigenvalue weighted by Crippen LogP contribution is -2.40. The summed E-state index contributed by atoms with van der Waals surface area (Å²) in [5.74, 6) is 0.648. The van der Waals surface area contributed by atoms with Crippen molar-refractivity contribution in [2.75, 3.05) is 13.2 Å². The first-order valence-corrected chi connectivity index (χ1v) is 8.91. The zero-order valence-electron chi connectivity index (χ0n) is 13.2. The van der Waals surface area contributed by atoms with Crippen LogP contribution in [0.25, 0.3) is 0 Å². The van der Waals surface area contributed by atoms with E-state index in [2.05, 4.69) is 15.9 Å². The number of ether oxygens (including phenoxy) is 1. The van der Waals surface area contributed by atoms with E-state index < -0.39 is 6.41 Å². The Morgan fingerprint density at radius 2 is 2.00 bits per heavy atom. The Hall–Kier alpha value is -1.40. The molecule has 0 saturated carbocycles. The Labute approximate surface area is 154 Å². The lowest BCUT2D eigenvalue weighted by Gasteiger charge is -2.26. The second kappa shape index (κ2) is 7.66. The van der Waals surface area contributed by atoms with Crippen molar-refractivity contribution in [3.63, 3.8) is 0 Å². The number of benzene rings is 2. The average Bonchev–Trinajstić information content (AvgIpc) is 3.01. The highest BCUT2D eigenvalue weighted by molar-refractivity contribution is 9.10. The molecule has 0 aromatic heterocycles. The van der Waals surface area contributed by atoms with Gasteiger partial charge in [0.25, 0.3) is 0 Å². The van der Waals surface area contributed by atoms with Crippen LogP contribution in [0, 0.1) is 0 Å². The van der Waals surface area contributed by atoms with Crippen molar-refractivity contribution in [2.24, 2.45) is 4.99 Å². The Morgan fingerprint density at radius 3 is 2.67 bits per heavy atom. The van der Waals surface area contributed by atoms with Crippen LogP contribution in [0.1, 0.15) is 24.1 Å². The van der Waals surface area contributed by atoms with E-state index in [1.165, 1.54) is 0 Å². The minimum absolute atomic E-state index is 0.0838. The molecule has 2 aromatic carbocycles. The van der Waals surface area contributed by atoms with Gasteiger partial charge in [0, 0.05) is 16.6 Å². The van der Waals surface area contributed by atoms with Crippen molar-refractivity contribution in [1.29, 1.82) is 0 Å². The first kappa shape index (κ1) is 17.4. The summed E-state index contributed by atoms with van der Waals surface area (Å²) in [7, 11) is 0. The normalized spacial score (nSPS) is 18.6. The smallest absolute Gasteiger partial charge is 0.239 e. The van der Waals surface area contributed by atoms with Crippen LogP contribution >= 0.6 is 27.5 Å². The van der Waals surface area contributed by atoms with E-state index >= 15 is 0 Å². The Morgan fingerprint density at radius 1 is 1.29 bits per heavy atom. The van der Waals surface area contributed by atoms with Crippen LogP contribution < -0.4 is 0 Å². The van der Waals surface area contributed by atoms with Gasteiger partial charge in [0.1, 0.15) is 5.84 Å². The number of nitrogens with zero attached hydrogens (tertiary/aromatic N) is 2. The number of aliphatic hydroxyl groups excluding tert-OH is 1. The number of hydrogen-bond acceptors (Lipinski definition) is 4. The fraction of sp³-hybridized carbons (Fsp3) is 0.278. The second-order valence-electron chi connectivity index (χ2n) is 5.43. The molecule has 24 heavy (non-hydrogen) atoms. The Bertz CT molecular complexity index is 736. The molecule has 0 amide bonds. The van der Waals surface area contributed by atoms with E-state index in [0.29, 0.717) is 24.0 Å². The van der Waals surface area contributed by atoms with Crippen molar-refractivity contribution < 1.29 is 9.84 Å². The van der Waals surface area contributed by atoms with Gasteiger partial charge in [0.15, 0.2) is 0 Å². The van der Waals surface area contributed by atoms with Crippen molar-refractivity contribution in [1.82, 2.24) is 4.90 Å². The largest absolute Gasteiger partial charge is 0.351 e. The van der Waals surface area contributed by atoms with Crippen molar-refractivity contribution in [2.45, 2.75) is 19.4 Å². The Balaban J connectivity index is 1.97. The molecule has 2 atom stereocenters. The first-order chi connectivity index (χ1) is 11.6. The summed E-state index contributed by atoms with van der Waals surface area (Å²) in [5.41, 5.74) is 1.87. The third kappa shape index (κ3) is 3.64. The molecule has 126 valence electrons. The predicted octanol–water partition coefficient (Wildman–Crippen LogP) is 4.22. The molecule has 1 heterocycles. The molecule has 1 N–H and O–H groups in total. The molecule has 1 aliphatic heterocycles. The monoisotopic (exact) mass is 408 g/mol. The highest BCUT2D eigenvalue weighted by Crippen LogP contribution is 2.31.